The smallest absolute Gasteiger partial charge is 0.179 e. The highest BCUT2D eigenvalue weighted by molar-refractivity contribution is 7.99. The highest BCUT2D eigenvalue weighted by Crippen LogP contribution is 2.53. The van der Waals surface area contributed by atoms with Gasteiger partial charge in [0.05, 0.1) is 33.4 Å². The van der Waals surface area contributed by atoms with Crippen molar-refractivity contribution in [1.29, 1.82) is 0 Å². The lowest BCUT2D eigenvalue weighted by Crippen LogP contribution is -2.74. The molecule has 0 saturated heterocycles. The third-order valence-electron chi connectivity index (χ3n) is 15.8. The van der Waals surface area contributed by atoms with Crippen molar-refractivity contribution in [1.82, 2.24) is 9.13 Å². The van der Waals surface area contributed by atoms with Crippen LogP contribution in [-0.2, 0) is 0 Å². The molecule has 12 aromatic carbocycles. The van der Waals surface area contributed by atoms with Gasteiger partial charge in [0, 0.05) is 48.4 Å². The summed E-state index contributed by atoms with van der Waals surface area (Å²) in [5.74, 6) is 0. The van der Waals surface area contributed by atoms with Crippen LogP contribution in [0.5, 0.6) is 0 Å². The lowest BCUT2D eigenvalue weighted by molar-refractivity contribution is 1.11. The van der Waals surface area contributed by atoms with E-state index in [1.807, 2.05) is 11.8 Å². The highest BCUT2D eigenvalue weighted by Gasteiger charge is 2.42. The van der Waals surface area contributed by atoms with Crippen LogP contribution in [0.15, 0.2) is 307 Å². The Labute approximate surface area is 453 Å². The summed E-state index contributed by atoms with van der Waals surface area (Å²) in [6.07, 6.45) is 0. The molecule has 1 aliphatic rings. The standard InChI is InChI=1S/C72H49N3SSi/c1-6-21-50(22-7-1)52-37-41-67-63(45-52)64-46-53(51-23-8-2-9-24-51)38-42-68(64)74(67)56-40-44-70-72(49-56)76-71-48-55(73-65-35-18-16-33-61(65)62-34-17-19-36-66(62)73)39-43-69(71)75(70)54-25-20-32-60(47-54)77(57-26-10-3-11-27-57,58-28-12-4-13-29-58)59-30-14-5-15-31-59/h1-49H. The zero-order chi connectivity index (χ0) is 50.9. The van der Waals surface area contributed by atoms with Crippen molar-refractivity contribution in [3.8, 4) is 33.6 Å². The van der Waals surface area contributed by atoms with Gasteiger partial charge in [0.25, 0.3) is 0 Å². The Morgan fingerprint density at radius 3 is 1.09 bits per heavy atom. The van der Waals surface area contributed by atoms with E-state index in [4.69, 9.17) is 0 Å². The van der Waals surface area contributed by atoms with E-state index in [9.17, 15) is 0 Å². The van der Waals surface area contributed by atoms with Crippen LogP contribution in [0.4, 0.5) is 17.1 Å². The largest absolute Gasteiger partial charge is 0.309 e. The van der Waals surface area contributed by atoms with E-state index in [0.717, 1.165) is 28.4 Å². The second-order valence-electron chi connectivity index (χ2n) is 20.0. The Kier molecular flexibility index (Phi) is 10.8. The first-order chi connectivity index (χ1) is 38.2. The number of fused-ring (bicyclic) bond motifs is 8. The minimum Gasteiger partial charge on any atom is -0.309 e. The number of benzene rings is 12. The predicted molar refractivity (Wildman–Crippen MR) is 328 cm³/mol. The summed E-state index contributed by atoms with van der Waals surface area (Å²) < 4.78 is 4.91. The van der Waals surface area contributed by atoms with Gasteiger partial charge in [-0.3, -0.25) is 0 Å². The molecule has 0 atom stereocenters. The number of hydrogen-bond donors (Lipinski definition) is 0. The summed E-state index contributed by atoms with van der Waals surface area (Å²) in [5.41, 5.74) is 15.3. The molecule has 0 amide bonds. The fourth-order valence-corrected chi connectivity index (χ4v) is 18.3. The molecule has 0 radical (unpaired) electrons. The second-order valence-corrected chi connectivity index (χ2v) is 24.9. The maximum Gasteiger partial charge on any atom is 0.179 e. The Hall–Kier alpha value is -9.39. The molecule has 0 bridgehead atoms. The van der Waals surface area contributed by atoms with E-state index in [0.29, 0.717) is 0 Å². The first-order valence-electron chi connectivity index (χ1n) is 26.4. The van der Waals surface area contributed by atoms with Crippen LogP contribution in [-0.4, -0.2) is 17.2 Å². The van der Waals surface area contributed by atoms with Crippen molar-refractivity contribution < 1.29 is 0 Å². The molecule has 3 heterocycles. The molecule has 2 aromatic heterocycles. The quantitative estimate of drug-likeness (QED) is 0.106. The molecular formula is C72H49N3SSi. The van der Waals surface area contributed by atoms with Crippen molar-refractivity contribution in [2.24, 2.45) is 0 Å². The van der Waals surface area contributed by atoms with Gasteiger partial charge in [-0.05, 0) is 128 Å². The maximum absolute atomic E-state index is 2.86. The van der Waals surface area contributed by atoms with E-state index < -0.39 is 8.07 Å². The van der Waals surface area contributed by atoms with Crippen molar-refractivity contribution in [3.05, 3.63) is 297 Å². The van der Waals surface area contributed by atoms with Crippen LogP contribution >= 0.6 is 11.8 Å². The third-order valence-corrected chi connectivity index (χ3v) is 21.7. The molecule has 362 valence electrons. The number of nitrogens with zero attached hydrogens (tertiary/aromatic N) is 3. The maximum atomic E-state index is 2.52. The second kappa shape index (κ2) is 18.5. The van der Waals surface area contributed by atoms with Crippen LogP contribution in [0.2, 0.25) is 0 Å². The normalized spacial score (nSPS) is 12.3. The molecule has 0 fully saturated rings. The van der Waals surface area contributed by atoms with Gasteiger partial charge in [0.1, 0.15) is 0 Å². The average molecular weight is 1020 g/mol. The first kappa shape index (κ1) is 45.0. The zero-order valence-corrected chi connectivity index (χ0v) is 43.9. The zero-order valence-electron chi connectivity index (χ0n) is 42.0. The van der Waals surface area contributed by atoms with Gasteiger partial charge < -0.3 is 14.0 Å². The average Bonchev–Trinajstić information content (AvgIpc) is 4.10. The lowest BCUT2D eigenvalue weighted by Gasteiger charge is -2.37. The van der Waals surface area contributed by atoms with Crippen molar-refractivity contribution in [2.75, 3.05) is 4.90 Å². The van der Waals surface area contributed by atoms with Gasteiger partial charge in [0.15, 0.2) is 8.07 Å². The number of anilines is 3. The van der Waals surface area contributed by atoms with Crippen LogP contribution in [0.3, 0.4) is 0 Å². The molecule has 0 aliphatic carbocycles. The lowest BCUT2D eigenvalue weighted by atomic mass is 10.0. The fraction of sp³-hybridized carbons (Fsp3) is 0. The van der Waals surface area contributed by atoms with Gasteiger partial charge in [-0.25, -0.2) is 0 Å². The van der Waals surface area contributed by atoms with Crippen LogP contribution in [0.25, 0.3) is 77.2 Å². The minimum atomic E-state index is -2.86. The summed E-state index contributed by atoms with van der Waals surface area (Å²) in [5, 5.41) is 10.3. The summed E-state index contributed by atoms with van der Waals surface area (Å²) in [6, 6.07) is 110. The van der Waals surface area contributed by atoms with Crippen LogP contribution < -0.4 is 25.6 Å². The number of aromatic nitrogens is 2. The number of hydrogen-bond acceptors (Lipinski definition) is 2. The molecule has 0 N–H and O–H groups in total. The Balaban J connectivity index is 0.955. The Morgan fingerprint density at radius 2 is 0.636 bits per heavy atom. The van der Waals surface area contributed by atoms with Gasteiger partial charge in [-0.2, -0.15) is 0 Å². The SMILES string of the molecule is c1ccc(-c2ccc3c(c2)c2cc(-c4ccccc4)ccc2n3-c2ccc3c(c2)Sc2cc(-n4c5ccccc5c5ccccc54)ccc2N3c2cccc([Si](c3ccccc3)(c3ccccc3)c3ccccc3)c2)cc1. The molecule has 0 unspecified atom stereocenters. The highest BCUT2D eigenvalue weighted by atomic mass is 32.2. The number of rotatable bonds is 9. The van der Waals surface area contributed by atoms with Crippen LogP contribution in [0, 0.1) is 0 Å². The van der Waals surface area contributed by atoms with Gasteiger partial charge >= 0.3 is 0 Å². The Bertz CT molecular complexity index is 4290. The summed E-state index contributed by atoms with van der Waals surface area (Å²) in [7, 11) is -2.86. The van der Waals surface area contributed by atoms with Gasteiger partial charge in [-0.1, -0.05) is 224 Å². The minimum absolute atomic E-state index is 1.12. The van der Waals surface area contributed by atoms with E-state index in [1.165, 1.54) is 96.4 Å². The summed E-state index contributed by atoms with van der Waals surface area (Å²) in [6.45, 7) is 0. The Morgan fingerprint density at radius 1 is 0.247 bits per heavy atom. The van der Waals surface area contributed by atoms with E-state index in [2.05, 4.69) is 311 Å². The molecule has 0 saturated carbocycles. The van der Waals surface area contributed by atoms with Gasteiger partial charge in [0.2, 0.25) is 0 Å². The van der Waals surface area contributed by atoms with Crippen molar-refractivity contribution >= 4 is 101 Å². The molecule has 3 nitrogen and oxygen atoms in total. The molecular weight excluding hydrogens is 967 g/mol. The molecule has 0 spiro atoms. The van der Waals surface area contributed by atoms with E-state index in [-0.39, 0.29) is 0 Å². The number of para-hydroxylation sites is 2. The third kappa shape index (κ3) is 7.34. The summed E-state index contributed by atoms with van der Waals surface area (Å²) >= 11 is 1.87. The van der Waals surface area contributed by atoms with Crippen molar-refractivity contribution in [3.63, 3.8) is 0 Å². The topological polar surface area (TPSA) is 13.1 Å². The van der Waals surface area contributed by atoms with Crippen LogP contribution in [0.1, 0.15) is 0 Å². The molecule has 5 heteroatoms. The van der Waals surface area contributed by atoms with E-state index >= 15 is 0 Å². The summed E-state index contributed by atoms with van der Waals surface area (Å²) in [4.78, 5) is 4.91. The van der Waals surface area contributed by atoms with Gasteiger partial charge in [-0.15, -0.1) is 0 Å². The molecule has 15 rings (SSSR count). The van der Waals surface area contributed by atoms with Crippen molar-refractivity contribution in [2.45, 2.75) is 9.79 Å². The molecule has 1 aliphatic heterocycles. The monoisotopic (exact) mass is 1020 g/mol. The predicted octanol–water partition coefficient (Wildman–Crippen LogP) is 16.5. The fourth-order valence-electron chi connectivity index (χ4n) is 12.4. The molecule has 14 aromatic rings. The first-order valence-corrected chi connectivity index (χ1v) is 29.2. The molecule has 77 heavy (non-hydrogen) atoms. The van der Waals surface area contributed by atoms with E-state index in [1.54, 1.807) is 0 Å².